The molecule has 1 aromatic carbocycles. The lowest BCUT2D eigenvalue weighted by Crippen LogP contribution is -2.44. The Hall–Kier alpha value is -2.93. The van der Waals surface area contributed by atoms with Crippen LogP contribution in [0, 0.1) is 0 Å². The Bertz CT molecular complexity index is 817. The maximum Gasteiger partial charge on any atom is 0.267 e. The van der Waals surface area contributed by atoms with Crippen molar-refractivity contribution < 1.29 is 14.3 Å². The van der Waals surface area contributed by atoms with Crippen molar-refractivity contribution in [1.82, 2.24) is 15.2 Å². The molecule has 1 aromatic heterocycles. The highest BCUT2D eigenvalue weighted by Gasteiger charge is 2.20. The van der Waals surface area contributed by atoms with E-state index in [1.54, 1.807) is 24.4 Å². The molecule has 1 atom stereocenters. The van der Waals surface area contributed by atoms with E-state index in [0.717, 1.165) is 0 Å². The van der Waals surface area contributed by atoms with Gasteiger partial charge in [0.25, 0.3) is 11.5 Å². The Morgan fingerprint density at radius 3 is 2.76 bits per heavy atom. The molecular formula is C18H19N3O4. The van der Waals surface area contributed by atoms with E-state index in [4.69, 9.17) is 4.74 Å². The van der Waals surface area contributed by atoms with Crippen LogP contribution >= 0.6 is 0 Å². The molecule has 0 radical (unpaired) electrons. The van der Waals surface area contributed by atoms with Crippen LogP contribution in [0.4, 0.5) is 0 Å². The van der Waals surface area contributed by atoms with Crippen LogP contribution in [0.5, 0.6) is 0 Å². The van der Waals surface area contributed by atoms with Gasteiger partial charge in [-0.05, 0) is 30.7 Å². The van der Waals surface area contributed by atoms with E-state index in [1.807, 2.05) is 18.2 Å². The topological polar surface area (TPSA) is 89.4 Å². The fourth-order valence-corrected chi connectivity index (χ4v) is 2.65. The first kappa shape index (κ1) is 16.9. The molecule has 1 saturated heterocycles. The van der Waals surface area contributed by atoms with E-state index in [2.05, 4.69) is 10.6 Å². The number of hydrogen-bond donors (Lipinski definition) is 2. The molecule has 1 aliphatic rings. The zero-order valence-corrected chi connectivity index (χ0v) is 13.6. The molecule has 0 bridgehead atoms. The van der Waals surface area contributed by atoms with Crippen molar-refractivity contribution in [3.8, 4) is 5.69 Å². The van der Waals surface area contributed by atoms with Crippen LogP contribution in [-0.4, -0.2) is 35.8 Å². The summed E-state index contributed by atoms with van der Waals surface area (Å²) in [5.41, 5.74) is 0.349. The summed E-state index contributed by atoms with van der Waals surface area (Å²) in [5, 5.41) is 5.38. The first-order valence-corrected chi connectivity index (χ1v) is 8.07. The zero-order valence-electron chi connectivity index (χ0n) is 13.6. The quantitative estimate of drug-likeness (QED) is 0.865. The van der Waals surface area contributed by atoms with Crippen LogP contribution in [0.3, 0.4) is 0 Å². The van der Waals surface area contributed by atoms with Gasteiger partial charge in [-0.2, -0.15) is 0 Å². The fraction of sp³-hybridized carbons (Fsp3) is 0.278. The van der Waals surface area contributed by atoms with Crippen molar-refractivity contribution in [2.75, 3.05) is 13.3 Å². The lowest BCUT2D eigenvalue weighted by molar-refractivity contribution is -0.124. The second-order valence-electron chi connectivity index (χ2n) is 5.76. The van der Waals surface area contributed by atoms with Gasteiger partial charge in [0.15, 0.2) is 0 Å². The van der Waals surface area contributed by atoms with Gasteiger partial charge in [-0.3, -0.25) is 19.0 Å². The number of benzene rings is 1. The highest BCUT2D eigenvalue weighted by Crippen LogP contribution is 2.06. The van der Waals surface area contributed by atoms with E-state index in [0.29, 0.717) is 18.5 Å². The van der Waals surface area contributed by atoms with Gasteiger partial charge >= 0.3 is 0 Å². The number of carbonyl (C=O) groups is 2. The Labute approximate surface area is 144 Å². The summed E-state index contributed by atoms with van der Waals surface area (Å²) >= 11 is 0. The normalized spacial score (nSPS) is 17.9. The van der Waals surface area contributed by atoms with E-state index >= 15 is 0 Å². The third kappa shape index (κ3) is 4.13. The highest BCUT2D eigenvalue weighted by molar-refractivity contribution is 5.94. The molecule has 3 rings (SSSR count). The number of nitrogens with zero attached hydrogens (tertiary/aromatic N) is 1. The summed E-state index contributed by atoms with van der Waals surface area (Å²) in [6, 6.07) is 11.9. The minimum absolute atomic E-state index is 0.0536. The predicted octanol–water partition coefficient (Wildman–Crippen LogP) is 0.820. The SMILES string of the molecule is O=C1CCC(NC(=O)c2cccn(-c3ccccc3)c2=O)COCN1. The van der Waals surface area contributed by atoms with Crippen molar-refractivity contribution in [3.63, 3.8) is 0 Å². The molecule has 2 aromatic rings. The standard InChI is InChI=1S/C18H19N3O4/c22-16-9-8-13(11-25-12-19-16)20-17(23)15-7-4-10-21(18(15)24)14-5-2-1-3-6-14/h1-7,10,13H,8-9,11-12H2,(H,19,22)(H,20,23). The Morgan fingerprint density at radius 2 is 1.96 bits per heavy atom. The third-order valence-electron chi connectivity index (χ3n) is 3.97. The molecule has 25 heavy (non-hydrogen) atoms. The van der Waals surface area contributed by atoms with E-state index in [1.165, 1.54) is 10.6 Å². The summed E-state index contributed by atoms with van der Waals surface area (Å²) in [5.74, 6) is -0.588. The number of ether oxygens (including phenoxy) is 1. The monoisotopic (exact) mass is 341 g/mol. The molecule has 1 unspecified atom stereocenters. The molecule has 7 nitrogen and oxygen atoms in total. The largest absolute Gasteiger partial charge is 0.359 e. The molecule has 2 heterocycles. The average Bonchev–Trinajstić information content (AvgIpc) is 2.62. The summed E-state index contributed by atoms with van der Waals surface area (Å²) in [7, 11) is 0. The second-order valence-corrected chi connectivity index (χ2v) is 5.76. The van der Waals surface area contributed by atoms with Crippen molar-refractivity contribution in [2.24, 2.45) is 0 Å². The molecule has 2 amide bonds. The number of hydrogen-bond acceptors (Lipinski definition) is 4. The highest BCUT2D eigenvalue weighted by atomic mass is 16.5. The lowest BCUT2D eigenvalue weighted by atomic mass is 10.1. The summed E-state index contributed by atoms with van der Waals surface area (Å²) in [4.78, 5) is 36.6. The number of aromatic nitrogens is 1. The van der Waals surface area contributed by atoms with Gasteiger partial charge in [0.2, 0.25) is 5.91 Å². The molecule has 0 spiro atoms. The molecule has 0 saturated carbocycles. The maximum absolute atomic E-state index is 12.6. The Morgan fingerprint density at radius 1 is 1.16 bits per heavy atom. The third-order valence-corrected chi connectivity index (χ3v) is 3.97. The van der Waals surface area contributed by atoms with Gasteiger partial charge in [0.05, 0.1) is 12.6 Å². The first-order valence-electron chi connectivity index (χ1n) is 8.07. The van der Waals surface area contributed by atoms with E-state index in [-0.39, 0.29) is 30.9 Å². The number of nitrogens with one attached hydrogen (secondary N) is 2. The second kappa shape index (κ2) is 7.76. The summed E-state index contributed by atoms with van der Waals surface area (Å²) < 4.78 is 6.72. The maximum atomic E-state index is 12.6. The molecule has 1 aliphatic heterocycles. The molecular weight excluding hydrogens is 322 g/mol. The summed E-state index contributed by atoms with van der Waals surface area (Å²) in [6.07, 6.45) is 2.38. The number of amides is 2. The van der Waals surface area contributed by atoms with Crippen LogP contribution < -0.4 is 16.2 Å². The minimum atomic E-state index is -0.468. The van der Waals surface area contributed by atoms with Gasteiger partial charge in [-0.25, -0.2) is 0 Å². The molecule has 0 aliphatic carbocycles. The van der Waals surface area contributed by atoms with Crippen molar-refractivity contribution in [1.29, 1.82) is 0 Å². The van der Waals surface area contributed by atoms with Crippen molar-refractivity contribution in [2.45, 2.75) is 18.9 Å². The smallest absolute Gasteiger partial charge is 0.267 e. The van der Waals surface area contributed by atoms with Gasteiger partial charge < -0.3 is 15.4 Å². The molecule has 1 fully saturated rings. The molecule has 130 valence electrons. The zero-order chi connectivity index (χ0) is 17.6. The minimum Gasteiger partial charge on any atom is -0.359 e. The van der Waals surface area contributed by atoms with Crippen molar-refractivity contribution in [3.05, 3.63) is 64.6 Å². The van der Waals surface area contributed by atoms with Gasteiger partial charge in [0, 0.05) is 18.3 Å². The number of pyridine rings is 1. The van der Waals surface area contributed by atoms with Crippen LogP contribution in [0.2, 0.25) is 0 Å². The van der Waals surface area contributed by atoms with Gasteiger partial charge in [-0.1, -0.05) is 18.2 Å². The molecule has 7 heteroatoms. The predicted molar refractivity (Wildman–Crippen MR) is 91.5 cm³/mol. The van der Waals surface area contributed by atoms with Crippen molar-refractivity contribution >= 4 is 11.8 Å². The Kier molecular flexibility index (Phi) is 5.25. The lowest BCUT2D eigenvalue weighted by Gasteiger charge is -2.21. The summed E-state index contributed by atoms with van der Waals surface area (Å²) in [6.45, 7) is 0.406. The fourth-order valence-electron chi connectivity index (χ4n) is 2.65. The number of para-hydroxylation sites is 1. The van der Waals surface area contributed by atoms with Gasteiger partial charge in [0.1, 0.15) is 12.3 Å². The van der Waals surface area contributed by atoms with Crippen LogP contribution in [0.1, 0.15) is 23.2 Å². The van der Waals surface area contributed by atoms with E-state index in [9.17, 15) is 14.4 Å². The van der Waals surface area contributed by atoms with E-state index < -0.39 is 11.5 Å². The number of carbonyl (C=O) groups excluding carboxylic acids is 2. The average molecular weight is 341 g/mol. The molecule has 2 N–H and O–H groups in total. The first-order chi connectivity index (χ1) is 12.1. The van der Waals surface area contributed by atoms with Gasteiger partial charge in [-0.15, -0.1) is 0 Å². The Balaban J connectivity index is 1.78. The van der Waals surface area contributed by atoms with Crippen LogP contribution in [0.25, 0.3) is 5.69 Å². The van der Waals surface area contributed by atoms with Crippen LogP contribution in [-0.2, 0) is 9.53 Å². The van der Waals surface area contributed by atoms with Crippen LogP contribution in [0.15, 0.2) is 53.5 Å². The number of rotatable bonds is 3.